The van der Waals surface area contributed by atoms with E-state index in [0.717, 1.165) is 5.56 Å². The van der Waals surface area contributed by atoms with Gasteiger partial charge < -0.3 is 10.1 Å². The Balaban J connectivity index is 1.57. The van der Waals surface area contributed by atoms with Gasteiger partial charge in [0.2, 0.25) is 5.91 Å². The van der Waals surface area contributed by atoms with Crippen molar-refractivity contribution in [3.63, 3.8) is 0 Å². The van der Waals surface area contributed by atoms with Crippen molar-refractivity contribution >= 4 is 16.8 Å². The van der Waals surface area contributed by atoms with Gasteiger partial charge in [-0.25, -0.2) is 9.37 Å². The molecule has 0 saturated carbocycles. The summed E-state index contributed by atoms with van der Waals surface area (Å²) in [5.74, 6) is -0.465. The summed E-state index contributed by atoms with van der Waals surface area (Å²) < 4.78 is 20.3. The molecule has 0 spiro atoms. The van der Waals surface area contributed by atoms with E-state index in [2.05, 4.69) is 10.3 Å². The van der Waals surface area contributed by atoms with Crippen LogP contribution >= 0.6 is 0 Å². The molecule has 2 aromatic carbocycles. The number of aromatic nitrogens is 2. The fraction of sp³-hybridized carbons (Fsp3) is 0.318. The van der Waals surface area contributed by atoms with E-state index in [0.29, 0.717) is 29.4 Å². The molecule has 1 heterocycles. The van der Waals surface area contributed by atoms with Gasteiger partial charge in [0.15, 0.2) is 11.6 Å². The van der Waals surface area contributed by atoms with E-state index in [4.69, 9.17) is 4.74 Å². The third-order valence-corrected chi connectivity index (χ3v) is 4.91. The van der Waals surface area contributed by atoms with Crippen LogP contribution in [0.15, 0.2) is 47.5 Å². The maximum absolute atomic E-state index is 13.8. The minimum atomic E-state index is -0.468. The van der Waals surface area contributed by atoms with Gasteiger partial charge in [0.05, 0.1) is 30.4 Å². The van der Waals surface area contributed by atoms with Crippen LogP contribution in [0.3, 0.4) is 0 Å². The van der Waals surface area contributed by atoms with E-state index in [1.165, 1.54) is 30.1 Å². The van der Waals surface area contributed by atoms with E-state index >= 15 is 0 Å². The van der Waals surface area contributed by atoms with Gasteiger partial charge in [0.1, 0.15) is 0 Å². The smallest absolute Gasteiger partial charge is 0.261 e. The van der Waals surface area contributed by atoms with Gasteiger partial charge >= 0.3 is 0 Å². The Morgan fingerprint density at radius 2 is 2.10 bits per heavy atom. The molecule has 1 atom stereocenters. The molecule has 7 heteroatoms. The van der Waals surface area contributed by atoms with Crippen molar-refractivity contribution in [1.82, 2.24) is 14.9 Å². The van der Waals surface area contributed by atoms with E-state index in [1.807, 2.05) is 19.1 Å². The molecule has 0 bridgehead atoms. The van der Waals surface area contributed by atoms with Crippen molar-refractivity contribution in [2.24, 2.45) is 0 Å². The van der Waals surface area contributed by atoms with Gasteiger partial charge in [0, 0.05) is 13.0 Å². The second-order valence-corrected chi connectivity index (χ2v) is 7.00. The highest BCUT2D eigenvalue weighted by atomic mass is 19.1. The number of ether oxygens (including phenoxy) is 1. The molecule has 3 rings (SSSR count). The van der Waals surface area contributed by atoms with Crippen LogP contribution < -0.4 is 15.6 Å². The van der Waals surface area contributed by atoms with E-state index in [-0.39, 0.29) is 29.7 Å². The first-order chi connectivity index (χ1) is 13.9. The van der Waals surface area contributed by atoms with Gasteiger partial charge in [-0.3, -0.25) is 14.2 Å². The summed E-state index contributed by atoms with van der Waals surface area (Å²) in [4.78, 5) is 29.2. The zero-order chi connectivity index (χ0) is 21.0. The Bertz CT molecular complexity index is 1090. The molecule has 0 aliphatic carbocycles. The monoisotopic (exact) mass is 397 g/mol. The zero-order valence-corrected chi connectivity index (χ0v) is 16.7. The summed E-state index contributed by atoms with van der Waals surface area (Å²) in [5, 5.41) is 3.43. The molecule has 1 amide bonds. The number of carbonyl (C=O) groups excluding carboxylic acids is 1. The Labute approximate surface area is 168 Å². The minimum absolute atomic E-state index is 0.110. The molecule has 1 N–H and O–H groups in total. The molecule has 152 valence electrons. The number of nitrogens with one attached hydrogen (secondary N) is 1. The van der Waals surface area contributed by atoms with Crippen molar-refractivity contribution in [3.05, 3.63) is 70.0 Å². The summed E-state index contributed by atoms with van der Waals surface area (Å²) in [6.07, 6.45) is 2.27. The van der Waals surface area contributed by atoms with Crippen molar-refractivity contribution in [2.75, 3.05) is 7.11 Å². The maximum Gasteiger partial charge on any atom is 0.261 e. The molecule has 0 radical (unpaired) electrons. The number of hydrogen-bond acceptors (Lipinski definition) is 4. The van der Waals surface area contributed by atoms with Crippen LogP contribution in [0.25, 0.3) is 10.9 Å². The number of carbonyl (C=O) groups is 1. The first-order valence-electron chi connectivity index (χ1n) is 9.48. The lowest BCUT2D eigenvalue weighted by molar-refractivity contribution is -0.121. The Hall–Kier alpha value is -3.22. The minimum Gasteiger partial charge on any atom is -0.494 e. The molecular weight excluding hydrogens is 373 g/mol. The number of nitrogens with zero attached hydrogens (tertiary/aromatic N) is 2. The molecule has 0 aliphatic rings. The average Bonchev–Trinajstić information content (AvgIpc) is 2.70. The second-order valence-electron chi connectivity index (χ2n) is 7.00. The molecule has 0 saturated heterocycles. The number of para-hydroxylation sites is 1. The lowest BCUT2D eigenvalue weighted by Crippen LogP contribution is -2.27. The molecule has 1 aromatic heterocycles. The molecular formula is C22H24FN3O3. The van der Waals surface area contributed by atoms with Gasteiger partial charge in [-0.1, -0.05) is 18.2 Å². The summed E-state index contributed by atoms with van der Waals surface area (Å²) in [5.41, 5.74) is 2.20. The van der Waals surface area contributed by atoms with Crippen LogP contribution in [0.1, 0.15) is 36.9 Å². The third kappa shape index (κ3) is 4.62. The van der Waals surface area contributed by atoms with Crippen LogP contribution in [0.5, 0.6) is 5.75 Å². The van der Waals surface area contributed by atoms with Gasteiger partial charge in [-0.05, 0) is 49.6 Å². The summed E-state index contributed by atoms with van der Waals surface area (Å²) in [6, 6.07) is 9.78. The molecule has 0 aliphatic heterocycles. The number of methoxy groups -OCH3 is 1. The Morgan fingerprint density at radius 3 is 2.83 bits per heavy atom. The van der Waals surface area contributed by atoms with Crippen LogP contribution in [-0.4, -0.2) is 22.6 Å². The third-order valence-electron chi connectivity index (χ3n) is 4.91. The van der Waals surface area contributed by atoms with Crippen molar-refractivity contribution in [3.8, 4) is 5.75 Å². The van der Waals surface area contributed by atoms with E-state index in [9.17, 15) is 14.0 Å². The van der Waals surface area contributed by atoms with Gasteiger partial charge in [-0.2, -0.15) is 0 Å². The highest BCUT2D eigenvalue weighted by Crippen LogP contribution is 2.21. The summed E-state index contributed by atoms with van der Waals surface area (Å²) in [7, 11) is 1.40. The number of halogens is 1. The van der Waals surface area contributed by atoms with E-state index in [1.54, 1.807) is 19.1 Å². The largest absolute Gasteiger partial charge is 0.494 e. The van der Waals surface area contributed by atoms with Gasteiger partial charge in [-0.15, -0.1) is 0 Å². The topological polar surface area (TPSA) is 73.2 Å². The zero-order valence-electron chi connectivity index (χ0n) is 16.7. The van der Waals surface area contributed by atoms with E-state index < -0.39 is 5.82 Å². The SMILES string of the molecule is COc1ccc(C(C)NC(=O)CCCn2cnc3c(C)cccc3c2=O)cc1F. The molecule has 0 fully saturated rings. The van der Waals surface area contributed by atoms with Crippen molar-refractivity contribution < 1.29 is 13.9 Å². The Morgan fingerprint density at radius 1 is 1.31 bits per heavy atom. The second kappa shape index (κ2) is 8.86. The normalized spacial score (nSPS) is 12.0. The lowest BCUT2D eigenvalue weighted by Gasteiger charge is -2.15. The quantitative estimate of drug-likeness (QED) is 0.662. The van der Waals surface area contributed by atoms with Crippen LogP contribution in [-0.2, 0) is 11.3 Å². The average molecular weight is 397 g/mol. The molecule has 29 heavy (non-hydrogen) atoms. The Kier molecular flexibility index (Phi) is 6.26. The molecule has 3 aromatic rings. The summed E-state index contributed by atoms with van der Waals surface area (Å²) in [6.45, 7) is 4.10. The molecule has 6 nitrogen and oxygen atoms in total. The van der Waals surface area contributed by atoms with Gasteiger partial charge in [0.25, 0.3) is 5.56 Å². The number of rotatable bonds is 7. The number of aryl methyl sites for hydroxylation is 2. The first kappa shape index (κ1) is 20.5. The number of amides is 1. The predicted octanol–water partition coefficient (Wildman–Crippen LogP) is 3.51. The highest BCUT2D eigenvalue weighted by molar-refractivity contribution is 5.80. The number of benzene rings is 2. The van der Waals surface area contributed by atoms with Crippen LogP contribution in [0.4, 0.5) is 4.39 Å². The van der Waals surface area contributed by atoms with Crippen molar-refractivity contribution in [1.29, 1.82) is 0 Å². The highest BCUT2D eigenvalue weighted by Gasteiger charge is 2.13. The van der Waals surface area contributed by atoms with Crippen molar-refractivity contribution in [2.45, 2.75) is 39.3 Å². The number of hydrogen-bond donors (Lipinski definition) is 1. The predicted molar refractivity (Wildman–Crippen MR) is 109 cm³/mol. The molecule has 1 unspecified atom stereocenters. The lowest BCUT2D eigenvalue weighted by atomic mass is 10.1. The first-order valence-corrected chi connectivity index (χ1v) is 9.48. The standard InChI is InChI=1S/C22H24FN3O3/c1-14-6-4-7-17-21(14)24-13-26(22(17)28)11-5-8-20(27)25-15(2)16-9-10-19(29-3)18(23)12-16/h4,6-7,9-10,12-13,15H,5,8,11H2,1-3H3,(H,25,27). The van der Waals surface area contributed by atoms with Crippen LogP contribution in [0, 0.1) is 12.7 Å². The summed E-state index contributed by atoms with van der Waals surface area (Å²) >= 11 is 0. The fourth-order valence-corrected chi connectivity index (χ4v) is 3.26. The fourth-order valence-electron chi connectivity index (χ4n) is 3.26. The van der Waals surface area contributed by atoms with Crippen LogP contribution in [0.2, 0.25) is 0 Å². The number of fused-ring (bicyclic) bond motifs is 1. The maximum atomic E-state index is 13.8.